The summed E-state index contributed by atoms with van der Waals surface area (Å²) in [4.78, 5) is 11.3. The minimum absolute atomic E-state index is 0.275. The number of nitrogens with one attached hydrogen (secondary N) is 1. The Morgan fingerprint density at radius 3 is 2.91 bits per heavy atom. The Kier molecular flexibility index (Phi) is 4.22. The third kappa shape index (κ3) is 3.53. The van der Waals surface area contributed by atoms with Crippen LogP contribution in [0.3, 0.4) is 0 Å². The Bertz CT molecular complexity index is 659. The molecule has 1 saturated heterocycles. The number of benzene rings is 1. The Morgan fingerprint density at radius 2 is 2.14 bits per heavy atom. The maximum absolute atomic E-state index is 13.3. The quantitative estimate of drug-likeness (QED) is 0.933. The fourth-order valence-electron chi connectivity index (χ4n) is 2.86. The van der Waals surface area contributed by atoms with E-state index in [0.717, 1.165) is 24.6 Å². The van der Waals surface area contributed by atoms with Gasteiger partial charge in [0.25, 0.3) is 0 Å². The maximum atomic E-state index is 13.3. The van der Waals surface area contributed by atoms with Gasteiger partial charge in [0, 0.05) is 30.5 Å². The summed E-state index contributed by atoms with van der Waals surface area (Å²) in [5.41, 5.74) is 1.56. The largest absolute Gasteiger partial charge is 0.356 e. The number of hydrogen-bond acceptors (Lipinski definition) is 4. The number of anilines is 3. The first-order valence-electron chi connectivity index (χ1n) is 7.73. The van der Waals surface area contributed by atoms with Gasteiger partial charge in [-0.05, 0) is 43.9 Å². The summed E-state index contributed by atoms with van der Waals surface area (Å²) in [7, 11) is 0. The molecule has 1 atom stereocenters. The second kappa shape index (κ2) is 6.30. The fourth-order valence-corrected chi connectivity index (χ4v) is 2.86. The van der Waals surface area contributed by atoms with E-state index in [2.05, 4.69) is 27.1 Å². The first-order valence-corrected chi connectivity index (χ1v) is 7.73. The molecule has 1 unspecified atom stereocenters. The van der Waals surface area contributed by atoms with Crippen LogP contribution in [-0.4, -0.2) is 23.1 Å². The van der Waals surface area contributed by atoms with Crippen molar-refractivity contribution in [1.82, 2.24) is 9.97 Å². The molecule has 1 aliphatic heterocycles. The molecular formula is C17H21FN4. The number of aryl methyl sites for hydroxylation is 1. The first kappa shape index (κ1) is 14.8. The normalized spacial score (nSPS) is 18.3. The van der Waals surface area contributed by atoms with Gasteiger partial charge in [0.05, 0.1) is 0 Å². The minimum atomic E-state index is -0.275. The third-order valence-corrected chi connectivity index (χ3v) is 3.90. The molecule has 3 rings (SSSR count). The lowest BCUT2D eigenvalue weighted by Gasteiger charge is -2.32. The van der Waals surface area contributed by atoms with Gasteiger partial charge in [-0.25, -0.2) is 9.37 Å². The van der Waals surface area contributed by atoms with E-state index in [1.54, 1.807) is 12.1 Å². The molecule has 2 heterocycles. The molecule has 0 amide bonds. The van der Waals surface area contributed by atoms with E-state index in [-0.39, 0.29) is 5.82 Å². The van der Waals surface area contributed by atoms with Crippen molar-refractivity contribution in [3.05, 3.63) is 41.8 Å². The van der Waals surface area contributed by atoms with Crippen molar-refractivity contribution in [2.24, 2.45) is 5.92 Å². The highest BCUT2D eigenvalue weighted by Gasteiger charge is 2.18. The van der Waals surface area contributed by atoms with Crippen molar-refractivity contribution in [2.45, 2.75) is 26.7 Å². The van der Waals surface area contributed by atoms with Gasteiger partial charge in [0.15, 0.2) is 0 Å². The number of rotatable bonds is 3. The van der Waals surface area contributed by atoms with Gasteiger partial charge in [0.2, 0.25) is 5.95 Å². The van der Waals surface area contributed by atoms with Crippen LogP contribution in [0, 0.1) is 18.7 Å². The molecule has 0 bridgehead atoms. The summed E-state index contributed by atoms with van der Waals surface area (Å²) in [6.45, 7) is 6.28. The van der Waals surface area contributed by atoms with E-state index >= 15 is 0 Å². The molecule has 4 nitrogen and oxygen atoms in total. The third-order valence-electron chi connectivity index (χ3n) is 3.90. The van der Waals surface area contributed by atoms with Crippen molar-refractivity contribution in [3.63, 3.8) is 0 Å². The molecule has 2 aromatic rings. The Morgan fingerprint density at radius 1 is 1.27 bits per heavy atom. The van der Waals surface area contributed by atoms with Gasteiger partial charge in [-0.1, -0.05) is 13.0 Å². The number of halogens is 1. The molecule has 1 aromatic heterocycles. The monoisotopic (exact) mass is 300 g/mol. The van der Waals surface area contributed by atoms with Crippen LogP contribution in [0.2, 0.25) is 0 Å². The molecule has 0 radical (unpaired) electrons. The van der Waals surface area contributed by atoms with E-state index in [4.69, 9.17) is 0 Å². The second-order valence-corrected chi connectivity index (χ2v) is 6.02. The molecule has 5 heteroatoms. The number of nitrogens with zero attached hydrogens (tertiary/aromatic N) is 3. The summed E-state index contributed by atoms with van der Waals surface area (Å²) in [5, 5.41) is 3.09. The van der Waals surface area contributed by atoms with Crippen molar-refractivity contribution in [2.75, 3.05) is 23.3 Å². The summed E-state index contributed by atoms with van der Waals surface area (Å²) < 4.78 is 13.3. The standard InChI is InChI=1S/C17H21FN4/c1-12-5-4-8-22(11-12)16-9-13(2)19-17(21-16)20-15-7-3-6-14(18)10-15/h3,6-7,9-10,12H,4-5,8,11H2,1-2H3,(H,19,20,21). The van der Waals surface area contributed by atoms with Crippen molar-refractivity contribution >= 4 is 17.5 Å². The Hall–Kier alpha value is -2.17. The van der Waals surface area contributed by atoms with Crippen molar-refractivity contribution in [1.29, 1.82) is 0 Å². The predicted octanol–water partition coefficient (Wildman–Crippen LogP) is 3.90. The lowest BCUT2D eigenvalue weighted by atomic mass is 10.0. The predicted molar refractivity (Wildman–Crippen MR) is 87.1 cm³/mol. The van der Waals surface area contributed by atoms with E-state index in [1.165, 1.54) is 25.0 Å². The maximum Gasteiger partial charge on any atom is 0.229 e. The van der Waals surface area contributed by atoms with Crippen LogP contribution in [0.15, 0.2) is 30.3 Å². The topological polar surface area (TPSA) is 41.1 Å². The molecule has 22 heavy (non-hydrogen) atoms. The van der Waals surface area contributed by atoms with Gasteiger partial charge in [-0.3, -0.25) is 0 Å². The van der Waals surface area contributed by atoms with Crippen LogP contribution >= 0.6 is 0 Å². The molecule has 116 valence electrons. The van der Waals surface area contributed by atoms with Crippen LogP contribution in [0.1, 0.15) is 25.5 Å². The molecule has 1 N–H and O–H groups in total. The zero-order valence-corrected chi connectivity index (χ0v) is 13.0. The average molecular weight is 300 g/mol. The summed E-state index contributed by atoms with van der Waals surface area (Å²) in [5.74, 6) is 1.86. The van der Waals surface area contributed by atoms with Crippen LogP contribution < -0.4 is 10.2 Å². The molecular weight excluding hydrogens is 279 g/mol. The van der Waals surface area contributed by atoms with Gasteiger partial charge in [0.1, 0.15) is 11.6 Å². The van der Waals surface area contributed by atoms with Crippen molar-refractivity contribution < 1.29 is 4.39 Å². The highest BCUT2D eigenvalue weighted by Crippen LogP contribution is 2.23. The van der Waals surface area contributed by atoms with Gasteiger partial charge in [-0.2, -0.15) is 4.98 Å². The second-order valence-electron chi connectivity index (χ2n) is 6.02. The van der Waals surface area contributed by atoms with E-state index in [1.807, 2.05) is 13.0 Å². The smallest absolute Gasteiger partial charge is 0.229 e. The molecule has 0 saturated carbocycles. The lowest BCUT2D eigenvalue weighted by molar-refractivity contribution is 0.444. The van der Waals surface area contributed by atoms with E-state index in [0.29, 0.717) is 17.6 Å². The SMILES string of the molecule is Cc1cc(N2CCCC(C)C2)nc(Nc2cccc(F)c2)n1. The molecule has 0 spiro atoms. The van der Waals surface area contributed by atoms with E-state index < -0.39 is 0 Å². The molecule has 0 aliphatic carbocycles. The summed E-state index contributed by atoms with van der Waals surface area (Å²) in [6.07, 6.45) is 2.46. The van der Waals surface area contributed by atoms with Gasteiger partial charge < -0.3 is 10.2 Å². The number of piperidine rings is 1. The number of aromatic nitrogens is 2. The fraction of sp³-hybridized carbons (Fsp3) is 0.412. The minimum Gasteiger partial charge on any atom is -0.356 e. The Balaban J connectivity index is 1.83. The zero-order chi connectivity index (χ0) is 15.5. The van der Waals surface area contributed by atoms with Crippen LogP contribution in [-0.2, 0) is 0 Å². The van der Waals surface area contributed by atoms with Crippen LogP contribution in [0.25, 0.3) is 0 Å². The van der Waals surface area contributed by atoms with Crippen LogP contribution in [0.4, 0.5) is 21.8 Å². The van der Waals surface area contributed by atoms with Crippen LogP contribution in [0.5, 0.6) is 0 Å². The summed E-state index contributed by atoms with van der Waals surface area (Å²) >= 11 is 0. The Labute approximate surface area is 130 Å². The molecule has 1 fully saturated rings. The van der Waals surface area contributed by atoms with Gasteiger partial charge in [-0.15, -0.1) is 0 Å². The van der Waals surface area contributed by atoms with Gasteiger partial charge >= 0.3 is 0 Å². The highest BCUT2D eigenvalue weighted by molar-refractivity contribution is 5.55. The van der Waals surface area contributed by atoms with Crippen molar-refractivity contribution in [3.8, 4) is 0 Å². The highest BCUT2D eigenvalue weighted by atomic mass is 19.1. The summed E-state index contributed by atoms with van der Waals surface area (Å²) in [6, 6.07) is 8.34. The lowest BCUT2D eigenvalue weighted by Crippen LogP contribution is -2.35. The molecule has 1 aromatic carbocycles. The average Bonchev–Trinajstić information content (AvgIpc) is 2.46. The zero-order valence-electron chi connectivity index (χ0n) is 13.0. The number of hydrogen-bond donors (Lipinski definition) is 1. The first-order chi connectivity index (χ1) is 10.6. The molecule has 1 aliphatic rings. The van der Waals surface area contributed by atoms with E-state index in [9.17, 15) is 4.39 Å².